The highest BCUT2D eigenvalue weighted by Crippen LogP contribution is 2.20. The van der Waals surface area contributed by atoms with Gasteiger partial charge >= 0.3 is 0 Å². The van der Waals surface area contributed by atoms with Gasteiger partial charge in [0.05, 0.1) is 0 Å². The van der Waals surface area contributed by atoms with Gasteiger partial charge in [-0.25, -0.2) is 27.3 Å². The Morgan fingerprint density at radius 2 is 1.86 bits per heavy atom. The third kappa shape index (κ3) is 3.96. The number of anilines is 1. The molecule has 1 aromatic heterocycles. The first-order valence-electron chi connectivity index (χ1n) is 5.96. The summed E-state index contributed by atoms with van der Waals surface area (Å²) in [5.41, 5.74) is 0.646. The molecule has 0 saturated heterocycles. The Morgan fingerprint density at radius 1 is 1.19 bits per heavy atom. The van der Waals surface area contributed by atoms with Gasteiger partial charge in [0.2, 0.25) is 10.0 Å². The summed E-state index contributed by atoms with van der Waals surface area (Å²) in [7, 11) is -3.88. The minimum absolute atomic E-state index is 0.0678. The summed E-state index contributed by atoms with van der Waals surface area (Å²) in [5.74, 6) is 0.123. The molecule has 2 rings (SSSR count). The lowest BCUT2D eigenvalue weighted by atomic mass is 10.1. The molecule has 112 valence electrons. The third-order valence-electron chi connectivity index (χ3n) is 2.77. The Labute approximate surface area is 120 Å². The molecule has 0 radical (unpaired) electrons. The number of benzene rings is 1. The van der Waals surface area contributed by atoms with E-state index >= 15 is 0 Å². The van der Waals surface area contributed by atoms with Crippen LogP contribution in [0.15, 0.2) is 47.5 Å². The normalized spacial score (nSPS) is 11.6. The molecular weight excluding hydrogens is 300 g/mol. The van der Waals surface area contributed by atoms with Gasteiger partial charge < -0.3 is 5.32 Å². The van der Waals surface area contributed by atoms with Crippen LogP contribution >= 0.6 is 0 Å². The number of aromatic nitrogens is 1. The molecule has 0 fully saturated rings. The summed E-state index contributed by atoms with van der Waals surface area (Å²) in [6.07, 6.45) is -1.09. The van der Waals surface area contributed by atoms with Crippen molar-refractivity contribution in [2.45, 2.75) is 17.9 Å². The number of nitrogens with two attached hydrogens (primary N) is 1. The lowest BCUT2D eigenvalue weighted by Crippen LogP contribution is -2.15. The minimum Gasteiger partial charge on any atom is -0.365 e. The first kappa shape index (κ1) is 15.3. The van der Waals surface area contributed by atoms with Crippen molar-refractivity contribution in [1.82, 2.24) is 4.98 Å². The van der Waals surface area contributed by atoms with Gasteiger partial charge in [-0.05, 0) is 17.7 Å². The molecule has 0 atom stereocenters. The lowest BCUT2D eigenvalue weighted by molar-refractivity contribution is 0.151. The van der Waals surface area contributed by atoms with Crippen LogP contribution in [0.5, 0.6) is 0 Å². The van der Waals surface area contributed by atoms with Crippen molar-refractivity contribution in [2.75, 3.05) is 5.32 Å². The van der Waals surface area contributed by atoms with Crippen LogP contribution in [0.4, 0.5) is 14.6 Å². The minimum atomic E-state index is -3.88. The number of nitrogens with one attached hydrogen (secondary N) is 1. The van der Waals surface area contributed by atoms with E-state index in [4.69, 9.17) is 5.14 Å². The molecule has 3 N–H and O–H groups in total. The van der Waals surface area contributed by atoms with Crippen molar-refractivity contribution in [3.05, 3.63) is 53.7 Å². The Balaban J connectivity index is 2.14. The second-order valence-electron chi connectivity index (χ2n) is 4.29. The average Bonchev–Trinajstić information content (AvgIpc) is 2.45. The summed E-state index contributed by atoms with van der Waals surface area (Å²) < 4.78 is 47.7. The Bertz CT molecular complexity index is 718. The third-order valence-corrected chi connectivity index (χ3v) is 3.71. The lowest BCUT2D eigenvalue weighted by Gasteiger charge is -2.09. The summed E-state index contributed by atoms with van der Waals surface area (Å²) in [6, 6.07) is 8.51. The molecule has 0 aliphatic carbocycles. The van der Waals surface area contributed by atoms with Gasteiger partial charge in [-0.1, -0.05) is 24.3 Å². The van der Waals surface area contributed by atoms with Gasteiger partial charge in [0.1, 0.15) is 10.7 Å². The van der Waals surface area contributed by atoms with E-state index < -0.39 is 16.4 Å². The van der Waals surface area contributed by atoms with Crippen molar-refractivity contribution < 1.29 is 17.2 Å². The molecule has 0 aliphatic rings. The SMILES string of the molecule is NS(=O)(=O)c1cccnc1NCc1ccc(C(F)F)cc1. The molecule has 5 nitrogen and oxygen atoms in total. The highest BCUT2D eigenvalue weighted by molar-refractivity contribution is 7.89. The quantitative estimate of drug-likeness (QED) is 0.887. The van der Waals surface area contributed by atoms with Crippen LogP contribution in [0.2, 0.25) is 0 Å². The number of alkyl halides is 2. The number of hydrogen-bond acceptors (Lipinski definition) is 4. The van der Waals surface area contributed by atoms with Gasteiger partial charge in [0.15, 0.2) is 0 Å². The van der Waals surface area contributed by atoms with Crippen LogP contribution in [0, 0.1) is 0 Å². The predicted molar refractivity (Wildman–Crippen MR) is 74.3 cm³/mol. The van der Waals surface area contributed by atoms with E-state index in [0.717, 1.165) is 0 Å². The van der Waals surface area contributed by atoms with Gasteiger partial charge in [0, 0.05) is 18.3 Å². The Morgan fingerprint density at radius 3 is 2.43 bits per heavy atom. The first-order chi connectivity index (χ1) is 9.88. The number of halogens is 2. The van der Waals surface area contributed by atoms with Crippen molar-refractivity contribution in [3.63, 3.8) is 0 Å². The van der Waals surface area contributed by atoms with E-state index in [1.807, 2.05) is 0 Å². The van der Waals surface area contributed by atoms with Crippen LogP contribution in [0.3, 0.4) is 0 Å². The van der Waals surface area contributed by atoms with Crippen LogP contribution in [-0.2, 0) is 16.6 Å². The zero-order chi connectivity index (χ0) is 15.5. The molecule has 1 aromatic carbocycles. The van der Waals surface area contributed by atoms with Crippen molar-refractivity contribution in [1.29, 1.82) is 0 Å². The molecule has 1 heterocycles. The van der Waals surface area contributed by atoms with Gasteiger partial charge in [-0.15, -0.1) is 0 Å². The standard InChI is InChI=1S/C13H13F2N3O2S/c14-12(15)10-5-3-9(4-6-10)8-18-13-11(21(16,19)20)2-1-7-17-13/h1-7,12H,8H2,(H,17,18)(H2,16,19,20). The fourth-order valence-electron chi connectivity index (χ4n) is 1.72. The number of primary sulfonamides is 1. The van der Waals surface area contributed by atoms with Gasteiger partial charge in [0.25, 0.3) is 6.43 Å². The monoisotopic (exact) mass is 313 g/mol. The molecule has 0 bridgehead atoms. The van der Waals surface area contributed by atoms with E-state index in [1.54, 1.807) is 0 Å². The number of sulfonamides is 1. The van der Waals surface area contributed by atoms with Gasteiger partial charge in [-0.3, -0.25) is 0 Å². The summed E-state index contributed by atoms with van der Waals surface area (Å²) in [6.45, 7) is 0.239. The number of hydrogen-bond donors (Lipinski definition) is 2. The van der Waals surface area contributed by atoms with E-state index in [0.29, 0.717) is 5.56 Å². The molecule has 2 aromatic rings. The van der Waals surface area contributed by atoms with Crippen LogP contribution in [0.25, 0.3) is 0 Å². The second-order valence-corrected chi connectivity index (χ2v) is 5.82. The van der Waals surface area contributed by atoms with Crippen molar-refractivity contribution in [2.24, 2.45) is 5.14 Å². The van der Waals surface area contributed by atoms with E-state index in [-0.39, 0.29) is 22.8 Å². The predicted octanol–water partition coefficient (Wildman–Crippen LogP) is 2.28. The van der Waals surface area contributed by atoms with E-state index in [2.05, 4.69) is 10.3 Å². The Kier molecular flexibility index (Phi) is 4.49. The molecule has 0 spiro atoms. The summed E-state index contributed by atoms with van der Waals surface area (Å²) in [5, 5.41) is 7.92. The summed E-state index contributed by atoms with van der Waals surface area (Å²) in [4.78, 5) is 3.80. The first-order valence-corrected chi connectivity index (χ1v) is 7.51. The maximum Gasteiger partial charge on any atom is 0.263 e. The number of rotatable bonds is 5. The Hall–Kier alpha value is -2.06. The molecular formula is C13H13F2N3O2S. The van der Waals surface area contributed by atoms with Crippen LogP contribution in [0.1, 0.15) is 17.6 Å². The molecule has 0 saturated carbocycles. The average molecular weight is 313 g/mol. The maximum atomic E-state index is 12.4. The van der Waals surface area contributed by atoms with Gasteiger partial charge in [-0.2, -0.15) is 0 Å². The highest BCUT2D eigenvalue weighted by Gasteiger charge is 2.14. The zero-order valence-electron chi connectivity index (χ0n) is 10.8. The molecule has 0 amide bonds. The molecule has 21 heavy (non-hydrogen) atoms. The second kappa shape index (κ2) is 6.15. The van der Waals surface area contributed by atoms with Crippen LogP contribution < -0.4 is 10.5 Å². The number of pyridine rings is 1. The number of nitrogens with zero attached hydrogens (tertiary/aromatic N) is 1. The van der Waals surface area contributed by atoms with E-state index in [9.17, 15) is 17.2 Å². The largest absolute Gasteiger partial charge is 0.365 e. The molecule has 8 heteroatoms. The van der Waals surface area contributed by atoms with E-state index in [1.165, 1.54) is 42.6 Å². The van der Waals surface area contributed by atoms with Crippen LogP contribution in [-0.4, -0.2) is 13.4 Å². The maximum absolute atomic E-state index is 12.4. The fourth-order valence-corrected chi connectivity index (χ4v) is 2.38. The smallest absolute Gasteiger partial charge is 0.263 e. The zero-order valence-corrected chi connectivity index (χ0v) is 11.6. The fraction of sp³-hybridized carbons (Fsp3) is 0.154. The molecule has 0 unspecified atom stereocenters. The van der Waals surface area contributed by atoms with Crippen molar-refractivity contribution >= 4 is 15.8 Å². The highest BCUT2D eigenvalue weighted by atomic mass is 32.2. The topological polar surface area (TPSA) is 85.1 Å². The van der Waals surface area contributed by atoms with Crippen molar-refractivity contribution in [3.8, 4) is 0 Å². The molecule has 0 aliphatic heterocycles. The summed E-state index contributed by atoms with van der Waals surface area (Å²) >= 11 is 0.